The number of carbonyl (C=O) groups excluding carboxylic acids is 2. The molecule has 2 heterocycles. The first kappa shape index (κ1) is 18.0. The summed E-state index contributed by atoms with van der Waals surface area (Å²) in [6.45, 7) is 11.4. The molecule has 2 fully saturated rings. The van der Waals surface area contributed by atoms with Gasteiger partial charge in [-0.15, -0.1) is 0 Å². The molecule has 2 aliphatic rings. The molecule has 2 amide bonds. The van der Waals surface area contributed by atoms with E-state index >= 15 is 0 Å². The van der Waals surface area contributed by atoms with Crippen LogP contribution < -0.4 is 5.32 Å². The summed E-state index contributed by atoms with van der Waals surface area (Å²) in [6.07, 6.45) is 2.52. The number of nitrogens with zero attached hydrogens (tertiary/aromatic N) is 2. The third-order valence-electron chi connectivity index (χ3n) is 4.53. The van der Waals surface area contributed by atoms with Crippen molar-refractivity contribution < 1.29 is 14.3 Å². The number of ether oxygens (including phenoxy) is 1. The van der Waals surface area contributed by atoms with Gasteiger partial charge in [-0.05, 0) is 59.5 Å². The smallest absolute Gasteiger partial charge is 0.410 e. The van der Waals surface area contributed by atoms with Crippen LogP contribution in [0.4, 0.5) is 4.79 Å². The quantitative estimate of drug-likeness (QED) is 0.841. The Labute approximate surface area is 139 Å². The second-order valence-corrected chi connectivity index (χ2v) is 7.76. The summed E-state index contributed by atoms with van der Waals surface area (Å²) >= 11 is 0. The highest BCUT2D eigenvalue weighted by Crippen LogP contribution is 2.20. The van der Waals surface area contributed by atoms with Crippen LogP contribution in [0.25, 0.3) is 0 Å². The Kier molecular flexibility index (Phi) is 5.89. The van der Waals surface area contributed by atoms with Gasteiger partial charge in [-0.2, -0.15) is 0 Å². The zero-order valence-electron chi connectivity index (χ0n) is 14.9. The minimum absolute atomic E-state index is 0.00410. The molecule has 0 spiro atoms. The normalized spacial score (nSPS) is 23.7. The summed E-state index contributed by atoms with van der Waals surface area (Å²) in [5, 5.41) is 3.33. The van der Waals surface area contributed by atoms with Crippen LogP contribution in [-0.4, -0.2) is 66.2 Å². The van der Waals surface area contributed by atoms with Gasteiger partial charge in [0.15, 0.2) is 0 Å². The molecule has 0 aromatic heterocycles. The second kappa shape index (κ2) is 7.51. The first-order valence-electron chi connectivity index (χ1n) is 8.74. The molecule has 1 atom stereocenters. The van der Waals surface area contributed by atoms with Crippen molar-refractivity contribution in [3.63, 3.8) is 0 Å². The maximum Gasteiger partial charge on any atom is 0.410 e. The fourth-order valence-electron chi connectivity index (χ4n) is 3.24. The van der Waals surface area contributed by atoms with Crippen LogP contribution in [0.3, 0.4) is 0 Å². The number of hydrogen-bond donors (Lipinski definition) is 1. The Bertz CT molecular complexity index is 427. The fraction of sp³-hybridized carbons (Fsp3) is 0.882. The third-order valence-corrected chi connectivity index (χ3v) is 4.53. The van der Waals surface area contributed by atoms with Crippen LogP contribution in [0.15, 0.2) is 0 Å². The van der Waals surface area contributed by atoms with Crippen LogP contribution in [0.2, 0.25) is 0 Å². The molecule has 2 saturated heterocycles. The Hall–Kier alpha value is -1.30. The molecule has 2 rings (SSSR count). The Morgan fingerprint density at radius 3 is 2.39 bits per heavy atom. The molecule has 1 N–H and O–H groups in total. The molecule has 0 radical (unpaired) electrons. The molecule has 6 nitrogen and oxygen atoms in total. The van der Waals surface area contributed by atoms with E-state index in [2.05, 4.69) is 5.32 Å². The third kappa shape index (κ3) is 5.37. The highest BCUT2D eigenvalue weighted by molar-refractivity contribution is 5.77. The predicted molar refractivity (Wildman–Crippen MR) is 89.2 cm³/mol. The van der Waals surface area contributed by atoms with Gasteiger partial charge < -0.3 is 19.9 Å². The van der Waals surface area contributed by atoms with Gasteiger partial charge in [0.1, 0.15) is 5.60 Å². The second-order valence-electron chi connectivity index (χ2n) is 7.76. The van der Waals surface area contributed by atoms with Crippen molar-refractivity contribution in [1.29, 1.82) is 0 Å². The first-order chi connectivity index (χ1) is 10.8. The van der Waals surface area contributed by atoms with E-state index in [0.29, 0.717) is 32.0 Å². The van der Waals surface area contributed by atoms with Crippen molar-refractivity contribution in [2.24, 2.45) is 5.92 Å². The Morgan fingerprint density at radius 2 is 1.83 bits per heavy atom. The molecule has 2 aliphatic heterocycles. The van der Waals surface area contributed by atoms with Gasteiger partial charge in [0.25, 0.3) is 0 Å². The van der Waals surface area contributed by atoms with E-state index in [-0.39, 0.29) is 18.0 Å². The molecule has 6 heteroatoms. The molecule has 132 valence electrons. The van der Waals surface area contributed by atoms with Gasteiger partial charge in [-0.1, -0.05) is 0 Å². The van der Waals surface area contributed by atoms with Crippen molar-refractivity contribution in [2.45, 2.75) is 58.6 Å². The topological polar surface area (TPSA) is 61.9 Å². The summed E-state index contributed by atoms with van der Waals surface area (Å²) in [5.41, 5.74) is -0.487. The first-order valence-corrected chi connectivity index (χ1v) is 8.74. The molecule has 0 aromatic rings. The van der Waals surface area contributed by atoms with E-state index in [1.165, 1.54) is 0 Å². The molecular formula is C17H31N3O3. The highest BCUT2D eigenvalue weighted by atomic mass is 16.6. The maximum atomic E-state index is 12.5. The molecular weight excluding hydrogens is 294 g/mol. The maximum absolute atomic E-state index is 12.5. The van der Waals surface area contributed by atoms with Crippen LogP contribution >= 0.6 is 0 Å². The van der Waals surface area contributed by atoms with E-state index in [1.54, 1.807) is 4.90 Å². The van der Waals surface area contributed by atoms with Crippen LogP contribution in [0.5, 0.6) is 0 Å². The molecule has 1 unspecified atom stereocenters. The SMILES string of the molecule is CC1CN(C(=O)CC2CCNCC2)CCN1C(=O)OC(C)(C)C. The van der Waals surface area contributed by atoms with Crippen molar-refractivity contribution in [3.05, 3.63) is 0 Å². The minimum Gasteiger partial charge on any atom is -0.444 e. The summed E-state index contributed by atoms with van der Waals surface area (Å²) in [6, 6.07) is -0.00410. The fourth-order valence-corrected chi connectivity index (χ4v) is 3.24. The van der Waals surface area contributed by atoms with Crippen molar-refractivity contribution in [1.82, 2.24) is 15.1 Å². The standard InChI is InChI=1S/C17H31N3O3/c1-13-12-19(15(21)11-14-5-7-18-8-6-14)9-10-20(13)16(22)23-17(2,3)4/h13-14,18H,5-12H2,1-4H3. The molecule has 0 saturated carbocycles. The lowest BCUT2D eigenvalue weighted by atomic mass is 9.94. The average Bonchev–Trinajstić information content (AvgIpc) is 2.46. The number of piperidine rings is 1. The lowest BCUT2D eigenvalue weighted by Gasteiger charge is -2.40. The Balaban J connectivity index is 1.82. The van der Waals surface area contributed by atoms with Crippen LogP contribution in [0.1, 0.15) is 47.0 Å². The van der Waals surface area contributed by atoms with Gasteiger partial charge in [-0.3, -0.25) is 4.79 Å². The van der Waals surface area contributed by atoms with Crippen molar-refractivity contribution >= 4 is 12.0 Å². The van der Waals surface area contributed by atoms with Crippen molar-refractivity contribution in [3.8, 4) is 0 Å². The largest absolute Gasteiger partial charge is 0.444 e. The lowest BCUT2D eigenvalue weighted by Crippen LogP contribution is -2.56. The summed E-state index contributed by atoms with van der Waals surface area (Å²) in [7, 11) is 0. The van der Waals surface area contributed by atoms with Gasteiger partial charge in [0, 0.05) is 32.1 Å². The number of hydrogen-bond acceptors (Lipinski definition) is 4. The minimum atomic E-state index is -0.487. The average molecular weight is 325 g/mol. The molecule has 0 aromatic carbocycles. The van der Waals surface area contributed by atoms with E-state index < -0.39 is 5.60 Å². The van der Waals surface area contributed by atoms with Crippen LogP contribution in [-0.2, 0) is 9.53 Å². The van der Waals surface area contributed by atoms with Gasteiger partial charge in [-0.25, -0.2) is 4.79 Å². The van der Waals surface area contributed by atoms with Crippen molar-refractivity contribution in [2.75, 3.05) is 32.7 Å². The number of amides is 2. The van der Waals surface area contributed by atoms with Gasteiger partial charge in [0.05, 0.1) is 0 Å². The van der Waals surface area contributed by atoms with E-state index in [9.17, 15) is 9.59 Å². The number of rotatable bonds is 2. The molecule has 23 heavy (non-hydrogen) atoms. The lowest BCUT2D eigenvalue weighted by molar-refractivity contribution is -0.135. The summed E-state index contributed by atoms with van der Waals surface area (Å²) in [4.78, 5) is 28.3. The van der Waals surface area contributed by atoms with Gasteiger partial charge >= 0.3 is 6.09 Å². The van der Waals surface area contributed by atoms with Gasteiger partial charge in [0.2, 0.25) is 5.91 Å². The van der Waals surface area contributed by atoms with Crippen LogP contribution in [0, 0.1) is 5.92 Å². The summed E-state index contributed by atoms with van der Waals surface area (Å²) < 4.78 is 5.44. The number of piperazine rings is 1. The molecule has 0 aliphatic carbocycles. The molecule has 0 bridgehead atoms. The number of carbonyl (C=O) groups is 2. The highest BCUT2D eigenvalue weighted by Gasteiger charge is 2.33. The number of nitrogens with one attached hydrogen (secondary N) is 1. The van der Waals surface area contributed by atoms with E-state index in [1.807, 2.05) is 32.6 Å². The Morgan fingerprint density at radius 1 is 1.17 bits per heavy atom. The van der Waals surface area contributed by atoms with E-state index in [4.69, 9.17) is 4.74 Å². The predicted octanol–water partition coefficient (Wildman–Crippen LogP) is 1.84. The summed E-state index contributed by atoms with van der Waals surface area (Å²) in [5.74, 6) is 0.732. The van der Waals surface area contributed by atoms with E-state index in [0.717, 1.165) is 25.9 Å². The zero-order chi connectivity index (χ0) is 17.0. The monoisotopic (exact) mass is 325 g/mol. The zero-order valence-corrected chi connectivity index (χ0v) is 14.9.